The Kier molecular flexibility index (Phi) is 8.03. The minimum Gasteiger partial charge on any atom is -0.492 e. The fourth-order valence-corrected chi connectivity index (χ4v) is 4.48. The Labute approximate surface area is 193 Å². The number of hydrogen-bond donors (Lipinski definition) is 0. The van der Waals surface area contributed by atoms with E-state index in [1.54, 1.807) is 6.08 Å². The molecule has 8 heteroatoms. The van der Waals surface area contributed by atoms with Gasteiger partial charge in [0.1, 0.15) is 12.4 Å². The van der Waals surface area contributed by atoms with Crippen LogP contribution in [-0.2, 0) is 4.79 Å². The van der Waals surface area contributed by atoms with Crippen LogP contribution in [0.3, 0.4) is 0 Å². The van der Waals surface area contributed by atoms with E-state index >= 15 is 0 Å². The first-order valence-corrected chi connectivity index (χ1v) is 11.4. The third-order valence-corrected chi connectivity index (χ3v) is 5.83. The topological polar surface area (TPSA) is 65.1 Å². The SMILES string of the molecule is CCOc1cc(/C=C2\SC(=O)N(CCOc3ccccc3)C2=O)cc(I)c1OCC. The Morgan fingerprint density at radius 3 is 2.47 bits per heavy atom. The molecule has 6 nitrogen and oxygen atoms in total. The minimum absolute atomic E-state index is 0.196. The van der Waals surface area contributed by atoms with Crippen LogP contribution < -0.4 is 14.2 Å². The van der Waals surface area contributed by atoms with Gasteiger partial charge in [-0.25, -0.2) is 0 Å². The summed E-state index contributed by atoms with van der Waals surface area (Å²) in [4.78, 5) is 26.6. The van der Waals surface area contributed by atoms with Crippen LogP contribution in [0.15, 0.2) is 47.4 Å². The molecule has 1 aliphatic heterocycles. The molecule has 0 N–H and O–H groups in total. The highest BCUT2D eigenvalue weighted by molar-refractivity contribution is 14.1. The fraction of sp³-hybridized carbons (Fsp3) is 0.273. The van der Waals surface area contributed by atoms with Gasteiger partial charge in [0.2, 0.25) is 0 Å². The Bertz CT molecular complexity index is 948. The van der Waals surface area contributed by atoms with E-state index in [1.165, 1.54) is 4.90 Å². The molecule has 0 unspecified atom stereocenters. The Balaban J connectivity index is 1.73. The third kappa shape index (κ3) is 5.48. The summed E-state index contributed by atoms with van der Waals surface area (Å²) in [6.07, 6.45) is 1.71. The monoisotopic (exact) mass is 539 g/mol. The summed E-state index contributed by atoms with van der Waals surface area (Å²) in [6.45, 7) is 5.28. The Morgan fingerprint density at radius 2 is 1.77 bits per heavy atom. The predicted octanol–water partition coefficient (Wildman–Crippen LogP) is 5.20. The quantitative estimate of drug-likeness (QED) is 0.323. The molecule has 1 aliphatic rings. The van der Waals surface area contributed by atoms with Gasteiger partial charge in [-0.05, 0) is 84.1 Å². The van der Waals surface area contributed by atoms with Gasteiger partial charge in [0, 0.05) is 0 Å². The standard InChI is InChI=1S/C22H22INO5S/c1-3-27-18-13-15(12-17(23)20(18)28-4-2)14-19-21(25)24(22(26)30-19)10-11-29-16-8-6-5-7-9-16/h5-9,12-14H,3-4,10-11H2,1-2H3/b19-14-. The zero-order chi connectivity index (χ0) is 21.5. The number of thioether (sulfide) groups is 1. The minimum atomic E-state index is -0.316. The molecule has 1 fully saturated rings. The summed E-state index contributed by atoms with van der Waals surface area (Å²) < 4.78 is 17.9. The lowest BCUT2D eigenvalue weighted by Gasteiger charge is -2.14. The number of rotatable bonds is 9. The van der Waals surface area contributed by atoms with Gasteiger partial charge < -0.3 is 14.2 Å². The van der Waals surface area contributed by atoms with E-state index in [1.807, 2.05) is 56.3 Å². The average molecular weight is 539 g/mol. The first kappa shape index (κ1) is 22.5. The number of carbonyl (C=O) groups is 2. The highest BCUT2D eigenvalue weighted by Crippen LogP contribution is 2.37. The first-order chi connectivity index (χ1) is 14.5. The van der Waals surface area contributed by atoms with Crippen LogP contribution >= 0.6 is 34.4 Å². The highest BCUT2D eigenvalue weighted by Gasteiger charge is 2.34. The molecular weight excluding hydrogens is 517 g/mol. The van der Waals surface area contributed by atoms with Crippen molar-refractivity contribution in [2.24, 2.45) is 0 Å². The number of para-hydroxylation sites is 1. The highest BCUT2D eigenvalue weighted by atomic mass is 127. The van der Waals surface area contributed by atoms with Crippen LogP contribution in [-0.4, -0.2) is 42.4 Å². The summed E-state index contributed by atoms with van der Waals surface area (Å²) in [7, 11) is 0. The van der Waals surface area contributed by atoms with Crippen molar-refractivity contribution in [1.82, 2.24) is 4.90 Å². The number of ether oxygens (including phenoxy) is 3. The van der Waals surface area contributed by atoms with E-state index in [0.29, 0.717) is 35.4 Å². The average Bonchev–Trinajstić information content (AvgIpc) is 2.99. The van der Waals surface area contributed by atoms with Crippen LogP contribution in [0, 0.1) is 3.57 Å². The molecule has 0 radical (unpaired) electrons. The number of imide groups is 1. The normalized spacial score (nSPS) is 15.0. The lowest BCUT2D eigenvalue weighted by molar-refractivity contribution is -0.123. The Hall–Kier alpha value is -2.20. The van der Waals surface area contributed by atoms with Gasteiger partial charge in [0.05, 0.1) is 28.2 Å². The smallest absolute Gasteiger partial charge is 0.293 e. The maximum atomic E-state index is 12.7. The van der Waals surface area contributed by atoms with E-state index in [2.05, 4.69) is 22.6 Å². The molecule has 0 bridgehead atoms. The van der Waals surface area contributed by atoms with Gasteiger partial charge in [0.25, 0.3) is 11.1 Å². The maximum absolute atomic E-state index is 12.7. The van der Waals surface area contributed by atoms with Gasteiger partial charge in [-0.1, -0.05) is 18.2 Å². The molecule has 0 saturated carbocycles. The van der Waals surface area contributed by atoms with Gasteiger partial charge in [-0.15, -0.1) is 0 Å². The van der Waals surface area contributed by atoms with Crippen molar-refractivity contribution in [3.63, 3.8) is 0 Å². The van der Waals surface area contributed by atoms with Crippen molar-refractivity contribution in [1.29, 1.82) is 0 Å². The first-order valence-electron chi connectivity index (χ1n) is 9.55. The van der Waals surface area contributed by atoms with Crippen LogP contribution in [0.25, 0.3) is 6.08 Å². The van der Waals surface area contributed by atoms with E-state index in [0.717, 1.165) is 20.9 Å². The molecule has 1 heterocycles. The van der Waals surface area contributed by atoms with Gasteiger partial charge in [-0.3, -0.25) is 14.5 Å². The number of carbonyl (C=O) groups excluding carboxylic acids is 2. The molecule has 2 aromatic rings. The second-order valence-electron chi connectivity index (χ2n) is 6.19. The second kappa shape index (κ2) is 10.7. The summed E-state index contributed by atoms with van der Waals surface area (Å²) in [5.41, 5.74) is 0.775. The molecule has 0 aliphatic carbocycles. The van der Waals surface area contributed by atoms with Crippen LogP contribution in [0.4, 0.5) is 4.79 Å². The number of amides is 2. The van der Waals surface area contributed by atoms with Crippen LogP contribution in [0.2, 0.25) is 0 Å². The number of nitrogens with zero attached hydrogens (tertiary/aromatic N) is 1. The van der Waals surface area contributed by atoms with Crippen LogP contribution in [0.1, 0.15) is 19.4 Å². The largest absolute Gasteiger partial charge is 0.492 e. The number of halogens is 1. The van der Waals surface area contributed by atoms with E-state index in [-0.39, 0.29) is 24.3 Å². The van der Waals surface area contributed by atoms with Gasteiger partial charge in [-0.2, -0.15) is 0 Å². The third-order valence-electron chi connectivity index (χ3n) is 4.12. The molecule has 2 aromatic carbocycles. The lowest BCUT2D eigenvalue weighted by atomic mass is 10.2. The summed E-state index contributed by atoms with van der Waals surface area (Å²) in [5.74, 6) is 1.69. The van der Waals surface area contributed by atoms with Gasteiger partial charge in [0.15, 0.2) is 11.5 Å². The van der Waals surface area contributed by atoms with Crippen molar-refractivity contribution >= 4 is 51.6 Å². The molecule has 0 atom stereocenters. The predicted molar refractivity (Wildman–Crippen MR) is 126 cm³/mol. The van der Waals surface area contributed by atoms with Crippen molar-refractivity contribution in [2.45, 2.75) is 13.8 Å². The lowest BCUT2D eigenvalue weighted by Crippen LogP contribution is -2.32. The summed E-state index contributed by atoms with van der Waals surface area (Å²) in [6, 6.07) is 13.0. The van der Waals surface area contributed by atoms with Crippen molar-refractivity contribution in [2.75, 3.05) is 26.4 Å². The molecule has 0 spiro atoms. The fourth-order valence-electron chi connectivity index (χ4n) is 2.83. The van der Waals surface area contributed by atoms with E-state index < -0.39 is 0 Å². The molecule has 2 amide bonds. The summed E-state index contributed by atoms with van der Waals surface area (Å²) >= 11 is 3.11. The van der Waals surface area contributed by atoms with Crippen molar-refractivity contribution < 1.29 is 23.8 Å². The Morgan fingerprint density at radius 1 is 1.03 bits per heavy atom. The molecule has 0 aromatic heterocycles. The van der Waals surface area contributed by atoms with E-state index in [4.69, 9.17) is 14.2 Å². The maximum Gasteiger partial charge on any atom is 0.293 e. The van der Waals surface area contributed by atoms with Gasteiger partial charge >= 0.3 is 0 Å². The molecule has 1 saturated heterocycles. The molecule has 30 heavy (non-hydrogen) atoms. The molecular formula is C22H22INO5S. The molecule has 3 rings (SSSR count). The molecule has 158 valence electrons. The van der Waals surface area contributed by atoms with Crippen LogP contribution in [0.5, 0.6) is 17.2 Å². The van der Waals surface area contributed by atoms with Crippen molar-refractivity contribution in [3.05, 3.63) is 56.5 Å². The van der Waals surface area contributed by atoms with E-state index in [9.17, 15) is 9.59 Å². The van der Waals surface area contributed by atoms with Crippen molar-refractivity contribution in [3.8, 4) is 17.2 Å². The number of hydrogen-bond acceptors (Lipinski definition) is 6. The summed E-state index contributed by atoms with van der Waals surface area (Å²) in [5, 5.41) is -0.298. The number of benzene rings is 2. The second-order valence-corrected chi connectivity index (χ2v) is 8.35. The zero-order valence-electron chi connectivity index (χ0n) is 16.7. The zero-order valence-corrected chi connectivity index (χ0v) is 19.7.